The van der Waals surface area contributed by atoms with Crippen LogP contribution in [0, 0.1) is 0 Å². The van der Waals surface area contributed by atoms with E-state index in [2.05, 4.69) is 10.3 Å². The second kappa shape index (κ2) is 4.83. The zero-order valence-electron chi connectivity index (χ0n) is 8.87. The third kappa shape index (κ3) is 2.61. The number of nitrogens with one attached hydrogen (secondary N) is 1. The smallest absolute Gasteiger partial charge is 0.123 e. The van der Waals surface area contributed by atoms with Crippen LogP contribution < -0.4 is 16.0 Å². The van der Waals surface area contributed by atoms with Gasteiger partial charge in [-0.3, -0.25) is 5.84 Å². The normalized spacial score (nSPS) is 10.4. The minimum Gasteiger partial charge on any atom is -0.496 e. The van der Waals surface area contributed by atoms with Gasteiger partial charge in [0.15, 0.2) is 0 Å². The second-order valence-corrected chi connectivity index (χ2v) is 3.41. The number of benzene rings is 1. The van der Waals surface area contributed by atoms with Crippen LogP contribution in [0.2, 0.25) is 0 Å². The second-order valence-electron chi connectivity index (χ2n) is 3.41. The molecule has 0 heterocycles. The maximum atomic E-state index is 5.34. The van der Waals surface area contributed by atoms with Crippen molar-refractivity contribution in [3.8, 4) is 5.75 Å². The number of nitrogens with two attached hydrogens (primary N) is 1. The van der Waals surface area contributed by atoms with E-state index < -0.39 is 0 Å². The molecule has 14 heavy (non-hydrogen) atoms. The Bertz CT molecular complexity index is 299. The molecule has 4 nitrogen and oxygen atoms in total. The number of hydrazine groups is 1. The number of anilines is 1. The molecule has 3 N–H and O–H groups in total. The summed E-state index contributed by atoms with van der Waals surface area (Å²) in [4.78, 5) is 2.08. The van der Waals surface area contributed by atoms with E-state index in [-0.39, 0.29) is 0 Å². The molecule has 0 saturated carbocycles. The van der Waals surface area contributed by atoms with Gasteiger partial charge in [-0.15, -0.1) is 0 Å². The van der Waals surface area contributed by atoms with Crippen molar-refractivity contribution in [1.82, 2.24) is 4.90 Å². The summed E-state index contributed by atoms with van der Waals surface area (Å²) in [5, 5.41) is 0. The summed E-state index contributed by atoms with van der Waals surface area (Å²) in [5.74, 6) is 6.22. The molecule has 0 aromatic heterocycles. The number of methoxy groups -OCH3 is 1. The lowest BCUT2D eigenvalue weighted by molar-refractivity contribution is 0.372. The lowest BCUT2D eigenvalue weighted by atomic mass is 10.1. The number of nitrogen functional groups attached to an aromatic ring is 1. The summed E-state index contributed by atoms with van der Waals surface area (Å²) < 4.78 is 5.25. The summed E-state index contributed by atoms with van der Waals surface area (Å²) in [6, 6.07) is 5.78. The first-order chi connectivity index (χ1) is 6.67. The number of hydrogen-bond acceptors (Lipinski definition) is 4. The number of hydrogen-bond donors (Lipinski definition) is 2. The van der Waals surface area contributed by atoms with E-state index in [0.29, 0.717) is 0 Å². The molecule has 0 aliphatic heterocycles. The Labute approximate surface area is 84.6 Å². The zero-order chi connectivity index (χ0) is 10.6. The van der Waals surface area contributed by atoms with E-state index in [9.17, 15) is 0 Å². The van der Waals surface area contributed by atoms with Crippen LogP contribution in [0.4, 0.5) is 5.69 Å². The standard InChI is InChI=1S/C10H17N3O/c1-13(2)7-8-6-9(12-11)4-5-10(8)14-3/h4-6,12H,7,11H2,1-3H3. The topological polar surface area (TPSA) is 50.5 Å². The van der Waals surface area contributed by atoms with Gasteiger partial charge in [0, 0.05) is 17.8 Å². The fourth-order valence-electron chi connectivity index (χ4n) is 1.33. The highest BCUT2D eigenvalue weighted by atomic mass is 16.5. The molecule has 0 saturated heterocycles. The largest absolute Gasteiger partial charge is 0.496 e. The van der Waals surface area contributed by atoms with Gasteiger partial charge in [-0.1, -0.05) is 0 Å². The minimum absolute atomic E-state index is 0.832. The lowest BCUT2D eigenvalue weighted by Gasteiger charge is -2.14. The Kier molecular flexibility index (Phi) is 3.73. The van der Waals surface area contributed by atoms with Crippen LogP contribution in [-0.4, -0.2) is 26.1 Å². The van der Waals surface area contributed by atoms with Crippen LogP contribution in [0.5, 0.6) is 5.75 Å². The van der Waals surface area contributed by atoms with Gasteiger partial charge in [-0.05, 0) is 32.3 Å². The fraction of sp³-hybridized carbons (Fsp3) is 0.400. The van der Waals surface area contributed by atoms with Crippen molar-refractivity contribution in [2.75, 3.05) is 26.6 Å². The van der Waals surface area contributed by atoms with Gasteiger partial charge in [-0.25, -0.2) is 0 Å². The summed E-state index contributed by atoms with van der Waals surface area (Å²) in [6.45, 7) is 0.832. The van der Waals surface area contributed by atoms with E-state index in [1.54, 1.807) is 7.11 Å². The van der Waals surface area contributed by atoms with Crippen molar-refractivity contribution in [1.29, 1.82) is 0 Å². The highest BCUT2D eigenvalue weighted by Crippen LogP contribution is 2.22. The third-order valence-electron chi connectivity index (χ3n) is 1.93. The van der Waals surface area contributed by atoms with Crippen LogP contribution in [0.15, 0.2) is 18.2 Å². The van der Waals surface area contributed by atoms with Gasteiger partial charge in [0.25, 0.3) is 0 Å². The van der Waals surface area contributed by atoms with Crippen LogP contribution >= 0.6 is 0 Å². The molecule has 0 amide bonds. The van der Waals surface area contributed by atoms with Crippen molar-refractivity contribution in [2.24, 2.45) is 5.84 Å². The maximum Gasteiger partial charge on any atom is 0.123 e. The third-order valence-corrected chi connectivity index (χ3v) is 1.93. The summed E-state index contributed by atoms with van der Waals surface area (Å²) in [5.41, 5.74) is 4.63. The Morgan fingerprint density at radius 1 is 1.43 bits per heavy atom. The van der Waals surface area contributed by atoms with Crippen molar-refractivity contribution < 1.29 is 4.74 Å². The molecule has 1 aromatic rings. The van der Waals surface area contributed by atoms with Crippen LogP contribution in [-0.2, 0) is 6.54 Å². The first-order valence-corrected chi connectivity index (χ1v) is 4.45. The van der Waals surface area contributed by atoms with Gasteiger partial charge in [0.2, 0.25) is 0 Å². The van der Waals surface area contributed by atoms with Crippen molar-refractivity contribution in [3.05, 3.63) is 23.8 Å². The van der Waals surface area contributed by atoms with Gasteiger partial charge in [0.1, 0.15) is 5.75 Å². The molecule has 0 aliphatic carbocycles. The summed E-state index contributed by atoms with van der Waals surface area (Å²) >= 11 is 0. The predicted octanol–water partition coefficient (Wildman–Crippen LogP) is 1.04. The number of ether oxygens (including phenoxy) is 1. The highest BCUT2D eigenvalue weighted by Gasteiger charge is 2.04. The van der Waals surface area contributed by atoms with Crippen molar-refractivity contribution in [3.63, 3.8) is 0 Å². The molecule has 0 radical (unpaired) electrons. The molecule has 78 valence electrons. The monoisotopic (exact) mass is 195 g/mol. The summed E-state index contributed by atoms with van der Waals surface area (Å²) in [7, 11) is 5.70. The van der Waals surface area contributed by atoms with E-state index >= 15 is 0 Å². The predicted molar refractivity (Wildman–Crippen MR) is 58.2 cm³/mol. The van der Waals surface area contributed by atoms with Crippen molar-refractivity contribution in [2.45, 2.75) is 6.54 Å². The highest BCUT2D eigenvalue weighted by molar-refractivity contribution is 5.50. The Hall–Kier alpha value is -1.26. The Balaban J connectivity index is 2.96. The first-order valence-electron chi connectivity index (χ1n) is 4.45. The van der Waals surface area contributed by atoms with Crippen molar-refractivity contribution >= 4 is 5.69 Å². The first kappa shape index (κ1) is 10.8. The van der Waals surface area contributed by atoms with E-state index in [0.717, 1.165) is 23.5 Å². The quantitative estimate of drug-likeness (QED) is 0.557. The Morgan fingerprint density at radius 3 is 2.64 bits per heavy atom. The molecule has 0 aliphatic rings. The van der Waals surface area contributed by atoms with Gasteiger partial charge in [0.05, 0.1) is 7.11 Å². The average molecular weight is 195 g/mol. The lowest BCUT2D eigenvalue weighted by Crippen LogP contribution is -2.13. The molecule has 1 aromatic carbocycles. The van der Waals surface area contributed by atoms with Gasteiger partial charge < -0.3 is 15.1 Å². The van der Waals surface area contributed by atoms with E-state index in [1.807, 2.05) is 32.3 Å². The average Bonchev–Trinajstić information content (AvgIpc) is 2.16. The molecular weight excluding hydrogens is 178 g/mol. The molecule has 4 heteroatoms. The number of nitrogens with zero attached hydrogens (tertiary/aromatic N) is 1. The molecule has 1 rings (SSSR count). The molecule has 0 unspecified atom stereocenters. The van der Waals surface area contributed by atoms with Crippen LogP contribution in [0.25, 0.3) is 0 Å². The zero-order valence-corrected chi connectivity index (χ0v) is 8.87. The minimum atomic E-state index is 0.832. The van der Waals surface area contributed by atoms with Crippen LogP contribution in [0.3, 0.4) is 0 Å². The molecule has 0 fully saturated rings. The summed E-state index contributed by atoms with van der Waals surface area (Å²) in [6.07, 6.45) is 0. The van der Waals surface area contributed by atoms with E-state index in [1.165, 1.54) is 0 Å². The molecule has 0 spiro atoms. The fourth-order valence-corrected chi connectivity index (χ4v) is 1.33. The Morgan fingerprint density at radius 2 is 2.14 bits per heavy atom. The molecular formula is C10H17N3O. The molecule has 0 bridgehead atoms. The van der Waals surface area contributed by atoms with Crippen LogP contribution in [0.1, 0.15) is 5.56 Å². The van der Waals surface area contributed by atoms with Gasteiger partial charge in [-0.2, -0.15) is 0 Å². The SMILES string of the molecule is COc1ccc(NN)cc1CN(C)C. The molecule has 0 atom stereocenters. The van der Waals surface area contributed by atoms with Gasteiger partial charge >= 0.3 is 0 Å². The number of rotatable bonds is 4. The maximum absolute atomic E-state index is 5.34. The van der Waals surface area contributed by atoms with E-state index in [4.69, 9.17) is 10.6 Å².